The zero-order valence-electron chi connectivity index (χ0n) is 10.9. The molecule has 0 bridgehead atoms. The summed E-state index contributed by atoms with van der Waals surface area (Å²) in [5, 5.41) is 0. The van der Waals surface area contributed by atoms with Gasteiger partial charge in [-0.1, -0.05) is 43.3 Å². The van der Waals surface area contributed by atoms with Gasteiger partial charge in [0.2, 0.25) is 0 Å². The van der Waals surface area contributed by atoms with E-state index in [1.54, 1.807) is 0 Å². The lowest BCUT2D eigenvalue weighted by molar-refractivity contribution is 0.446. The molecule has 0 aliphatic heterocycles. The normalized spacial score (nSPS) is 14.1. The molecular formula is C16H17F2N. The first-order valence-electron chi connectivity index (χ1n) is 6.25. The van der Waals surface area contributed by atoms with Crippen LogP contribution < -0.4 is 5.73 Å². The topological polar surface area (TPSA) is 26.0 Å². The Labute approximate surface area is 112 Å². The molecule has 1 nitrogen and oxygen atoms in total. The predicted octanol–water partition coefficient (Wildman–Crippen LogP) is 3.42. The molecule has 0 saturated carbocycles. The average Bonchev–Trinajstić information content (AvgIpc) is 2.39. The fourth-order valence-electron chi connectivity index (χ4n) is 2.30. The molecular weight excluding hydrogens is 244 g/mol. The van der Waals surface area contributed by atoms with E-state index in [-0.39, 0.29) is 0 Å². The second-order valence-corrected chi connectivity index (χ2v) is 5.05. The first-order valence-corrected chi connectivity index (χ1v) is 6.25. The Morgan fingerprint density at radius 3 is 2.32 bits per heavy atom. The van der Waals surface area contributed by atoms with Crippen molar-refractivity contribution in [3.05, 3.63) is 71.3 Å². The largest absolute Gasteiger partial charge is 0.330 e. The molecule has 0 saturated heterocycles. The van der Waals surface area contributed by atoms with E-state index < -0.39 is 17.0 Å². The molecule has 2 N–H and O–H groups in total. The molecule has 0 fully saturated rings. The predicted molar refractivity (Wildman–Crippen MR) is 72.9 cm³/mol. The highest BCUT2D eigenvalue weighted by Gasteiger charge is 2.28. The minimum atomic E-state index is -0.569. The van der Waals surface area contributed by atoms with E-state index in [1.165, 1.54) is 12.1 Å². The summed E-state index contributed by atoms with van der Waals surface area (Å²) in [6.45, 7) is 2.20. The number of hydrogen-bond donors (Lipinski definition) is 1. The Morgan fingerprint density at radius 2 is 1.74 bits per heavy atom. The maximum absolute atomic E-state index is 13.9. The number of halogens is 2. The SMILES string of the molecule is CC(CN)(Cc1ccccc1)c1ccc(F)cc1F. The first kappa shape index (κ1) is 13.7. The van der Waals surface area contributed by atoms with Gasteiger partial charge in [0.05, 0.1) is 0 Å². The molecule has 100 valence electrons. The highest BCUT2D eigenvalue weighted by molar-refractivity contribution is 5.31. The van der Waals surface area contributed by atoms with Gasteiger partial charge in [-0.2, -0.15) is 0 Å². The lowest BCUT2D eigenvalue weighted by Gasteiger charge is -2.29. The van der Waals surface area contributed by atoms with Crippen LogP contribution in [-0.4, -0.2) is 6.54 Å². The van der Waals surface area contributed by atoms with Crippen LogP contribution in [0.3, 0.4) is 0 Å². The van der Waals surface area contributed by atoms with Crippen LogP contribution in [0.25, 0.3) is 0 Å². The van der Waals surface area contributed by atoms with Crippen LogP contribution in [0.4, 0.5) is 8.78 Å². The monoisotopic (exact) mass is 261 g/mol. The third-order valence-corrected chi connectivity index (χ3v) is 3.47. The van der Waals surface area contributed by atoms with Gasteiger partial charge in [0, 0.05) is 18.0 Å². The van der Waals surface area contributed by atoms with Crippen molar-refractivity contribution in [3.63, 3.8) is 0 Å². The van der Waals surface area contributed by atoms with Gasteiger partial charge in [0.1, 0.15) is 11.6 Å². The van der Waals surface area contributed by atoms with Crippen molar-refractivity contribution in [2.45, 2.75) is 18.8 Å². The summed E-state index contributed by atoms with van der Waals surface area (Å²) in [4.78, 5) is 0. The van der Waals surface area contributed by atoms with Crippen LogP contribution in [0.15, 0.2) is 48.5 Å². The molecule has 19 heavy (non-hydrogen) atoms. The van der Waals surface area contributed by atoms with E-state index in [1.807, 2.05) is 37.3 Å². The summed E-state index contributed by atoms with van der Waals surface area (Å²) in [6, 6.07) is 13.4. The molecule has 2 aromatic rings. The Bertz CT molecular complexity index is 554. The van der Waals surface area contributed by atoms with Crippen LogP contribution in [0.2, 0.25) is 0 Å². The molecule has 0 radical (unpaired) electrons. The lowest BCUT2D eigenvalue weighted by Crippen LogP contribution is -2.35. The van der Waals surface area contributed by atoms with Gasteiger partial charge in [-0.15, -0.1) is 0 Å². The van der Waals surface area contributed by atoms with Crippen LogP contribution >= 0.6 is 0 Å². The summed E-state index contributed by atoms with van der Waals surface area (Å²) in [7, 11) is 0. The summed E-state index contributed by atoms with van der Waals surface area (Å²) in [5.74, 6) is -1.11. The second kappa shape index (κ2) is 5.49. The maximum Gasteiger partial charge on any atom is 0.129 e. The Kier molecular flexibility index (Phi) is 3.96. The van der Waals surface area contributed by atoms with Gasteiger partial charge in [-0.25, -0.2) is 8.78 Å². The van der Waals surface area contributed by atoms with Crippen molar-refractivity contribution in [2.75, 3.05) is 6.54 Å². The van der Waals surface area contributed by atoms with E-state index >= 15 is 0 Å². The van der Waals surface area contributed by atoms with Crippen LogP contribution in [0.5, 0.6) is 0 Å². The van der Waals surface area contributed by atoms with Crippen LogP contribution in [0, 0.1) is 11.6 Å². The molecule has 0 aliphatic carbocycles. The fraction of sp³-hybridized carbons (Fsp3) is 0.250. The number of nitrogens with two attached hydrogens (primary N) is 1. The minimum Gasteiger partial charge on any atom is -0.330 e. The highest BCUT2D eigenvalue weighted by Crippen LogP contribution is 2.29. The first-order chi connectivity index (χ1) is 9.05. The summed E-state index contributed by atoms with van der Waals surface area (Å²) < 4.78 is 26.9. The third-order valence-electron chi connectivity index (χ3n) is 3.47. The van der Waals surface area contributed by atoms with Gasteiger partial charge in [-0.3, -0.25) is 0 Å². The second-order valence-electron chi connectivity index (χ2n) is 5.05. The Morgan fingerprint density at radius 1 is 1.05 bits per heavy atom. The molecule has 1 atom stereocenters. The van der Waals surface area contributed by atoms with E-state index in [4.69, 9.17) is 5.73 Å². The van der Waals surface area contributed by atoms with Gasteiger partial charge >= 0.3 is 0 Å². The van der Waals surface area contributed by atoms with E-state index in [2.05, 4.69) is 0 Å². The summed E-state index contributed by atoms with van der Waals surface area (Å²) >= 11 is 0. The van der Waals surface area contributed by atoms with Crippen molar-refractivity contribution in [1.82, 2.24) is 0 Å². The average molecular weight is 261 g/mol. The molecule has 0 aliphatic rings. The number of hydrogen-bond acceptors (Lipinski definition) is 1. The molecule has 0 amide bonds. The molecule has 2 aromatic carbocycles. The third kappa shape index (κ3) is 2.99. The van der Waals surface area contributed by atoms with Gasteiger partial charge in [0.25, 0.3) is 0 Å². The van der Waals surface area contributed by atoms with Crippen molar-refractivity contribution in [2.24, 2.45) is 5.73 Å². The molecule has 0 spiro atoms. The molecule has 0 heterocycles. The molecule has 3 heteroatoms. The van der Waals surface area contributed by atoms with Crippen molar-refractivity contribution >= 4 is 0 Å². The zero-order chi connectivity index (χ0) is 13.9. The minimum absolute atomic E-state index is 0.296. The molecule has 0 aromatic heterocycles. The quantitative estimate of drug-likeness (QED) is 0.896. The highest BCUT2D eigenvalue weighted by atomic mass is 19.1. The van der Waals surface area contributed by atoms with Gasteiger partial charge in [-0.05, 0) is 23.6 Å². The van der Waals surface area contributed by atoms with Crippen LogP contribution in [0.1, 0.15) is 18.1 Å². The van der Waals surface area contributed by atoms with Crippen molar-refractivity contribution in [1.29, 1.82) is 0 Å². The smallest absolute Gasteiger partial charge is 0.129 e. The van der Waals surface area contributed by atoms with Crippen molar-refractivity contribution in [3.8, 4) is 0 Å². The molecule has 2 rings (SSSR count). The lowest BCUT2D eigenvalue weighted by atomic mass is 9.77. The van der Waals surface area contributed by atoms with E-state index in [9.17, 15) is 8.78 Å². The number of rotatable bonds is 4. The van der Waals surface area contributed by atoms with E-state index in [0.717, 1.165) is 11.6 Å². The van der Waals surface area contributed by atoms with Gasteiger partial charge in [0.15, 0.2) is 0 Å². The van der Waals surface area contributed by atoms with Crippen molar-refractivity contribution < 1.29 is 8.78 Å². The molecule has 1 unspecified atom stereocenters. The summed E-state index contributed by atoms with van der Waals surface area (Å²) in [6.07, 6.45) is 0.618. The zero-order valence-corrected chi connectivity index (χ0v) is 10.9. The van der Waals surface area contributed by atoms with Crippen LogP contribution in [-0.2, 0) is 11.8 Å². The Balaban J connectivity index is 2.36. The summed E-state index contributed by atoms with van der Waals surface area (Å²) in [5.41, 5.74) is 6.83. The Hall–Kier alpha value is -1.74. The van der Waals surface area contributed by atoms with E-state index in [0.29, 0.717) is 18.5 Å². The fourth-order valence-corrected chi connectivity index (χ4v) is 2.30. The maximum atomic E-state index is 13.9. The van der Waals surface area contributed by atoms with Gasteiger partial charge < -0.3 is 5.73 Å². The number of benzene rings is 2. The standard InChI is InChI=1S/C16H17F2N/c1-16(11-19,10-12-5-3-2-4-6-12)14-8-7-13(17)9-15(14)18/h2-9H,10-11,19H2,1H3.